The van der Waals surface area contributed by atoms with E-state index in [4.69, 9.17) is 0 Å². The molecule has 2 heterocycles. The topological polar surface area (TPSA) is 29.9 Å². The molecule has 3 nitrogen and oxygen atoms in total. The van der Waals surface area contributed by atoms with E-state index < -0.39 is 12.1 Å². The molecule has 0 aliphatic carbocycles. The highest BCUT2D eigenvalue weighted by molar-refractivity contribution is 5.01. The Morgan fingerprint density at radius 2 is 2.25 bits per heavy atom. The minimum atomic E-state index is -4.09. The fraction of sp³-hybridized carbons (Fsp3) is 0.700. The van der Waals surface area contributed by atoms with Gasteiger partial charge in [-0.1, -0.05) is 0 Å². The van der Waals surface area contributed by atoms with Gasteiger partial charge in [-0.25, -0.2) is 4.98 Å². The fourth-order valence-electron chi connectivity index (χ4n) is 2.12. The second-order valence-electron chi connectivity index (χ2n) is 4.17. The van der Waals surface area contributed by atoms with E-state index in [1.165, 1.54) is 0 Å². The molecule has 2 unspecified atom stereocenters. The Kier molecular flexibility index (Phi) is 2.92. The largest absolute Gasteiger partial charge is 0.391 e. The molecular weight excluding hydrogens is 219 g/mol. The Hall–Kier alpha value is -1.04. The molecule has 1 fully saturated rings. The highest BCUT2D eigenvalue weighted by atomic mass is 19.4. The molecule has 0 spiro atoms. The summed E-state index contributed by atoms with van der Waals surface area (Å²) in [6, 6.07) is -0.291. The van der Waals surface area contributed by atoms with Gasteiger partial charge in [0, 0.05) is 19.4 Å². The quantitative estimate of drug-likeness (QED) is 0.804. The monoisotopic (exact) mass is 233 g/mol. The van der Waals surface area contributed by atoms with Gasteiger partial charge in [-0.3, -0.25) is 0 Å². The predicted octanol–water partition coefficient (Wildman–Crippen LogP) is 2.02. The molecule has 0 radical (unpaired) electrons. The first-order valence-corrected chi connectivity index (χ1v) is 5.26. The molecule has 1 N–H and O–H groups in total. The molecular formula is C10H14F3N3. The first-order chi connectivity index (χ1) is 7.48. The molecule has 0 aromatic carbocycles. The summed E-state index contributed by atoms with van der Waals surface area (Å²) in [5.41, 5.74) is 0. The van der Waals surface area contributed by atoms with Gasteiger partial charge in [-0.05, 0) is 19.4 Å². The third-order valence-electron chi connectivity index (χ3n) is 3.04. The van der Waals surface area contributed by atoms with Crippen molar-refractivity contribution in [3.63, 3.8) is 0 Å². The van der Waals surface area contributed by atoms with Gasteiger partial charge in [0.15, 0.2) is 0 Å². The van der Waals surface area contributed by atoms with Crippen LogP contribution in [0.3, 0.4) is 0 Å². The number of aromatic nitrogens is 2. The second-order valence-corrected chi connectivity index (χ2v) is 4.17. The summed E-state index contributed by atoms with van der Waals surface area (Å²) in [4.78, 5) is 4.09. The highest BCUT2D eigenvalue weighted by Crippen LogP contribution is 2.37. The average molecular weight is 233 g/mol. The minimum Gasteiger partial charge on any atom is -0.337 e. The molecule has 90 valence electrons. The summed E-state index contributed by atoms with van der Waals surface area (Å²) in [5, 5.41) is 3.08. The van der Waals surface area contributed by atoms with Gasteiger partial charge in [0.2, 0.25) is 0 Å². The molecule has 1 aromatic heterocycles. The molecule has 16 heavy (non-hydrogen) atoms. The summed E-state index contributed by atoms with van der Waals surface area (Å²) in [7, 11) is 1.79. The lowest BCUT2D eigenvalue weighted by Gasteiger charge is -2.31. The smallest absolute Gasteiger partial charge is 0.337 e. The number of nitrogens with one attached hydrogen (secondary N) is 1. The molecule has 0 saturated carbocycles. The van der Waals surface area contributed by atoms with Gasteiger partial charge in [-0.2, -0.15) is 13.2 Å². The zero-order valence-electron chi connectivity index (χ0n) is 8.96. The van der Waals surface area contributed by atoms with Crippen molar-refractivity contribution in [1.29, 1.82) is 0 Å². The van der Waals surface area contributed by atoms with E-state index in [1.54, 1.807) is 24.0 Å². The maximum atomic E-state index is 12.6. The number of rotatable bonds is 1. The Balaban J connectivity index is 2.11. The first kappa shape index (κ1) is 11.4. The fourth-order valence-corrected chi connectivity index (χ4v) is 2.12. The molecule has 6 heteroatoms. The SMILES string of the molecule is Cn1ccnc1C1CC(C(F)(F)F)CCN1. The lowest BCUT2D eigenvalue weighted by atomic mass is 9.91. The number of alkyl halides is 3. The van der Waals surface area contributed by atoms with Crippen LogP contribution in [0, 0.1) is 5.92 Å². The van der Waals surface area contributed by atoms with Crippen LogP contribution >= 0.6 is 0 Å². The van der Waals surface area contributed by atoms with Gasteiger partial charge < -0.3 is 9.88 Å². The Bertz CT molecular complexity index is 358. The van der Waals surface area contributed by atoms with Crippen LogP contribution in [0.2, 0.25) is 0 Å². The molecule has 2 atom stereocenters. The van der Waals surface area contributed by atoms with Gasteiger partial charge in [0.25, 0.3) is 0 Å². The van der Waals surface area contributed by atoms with Crippen molar-refractivity contribution in [2.45, 2.75) is 25.1 Å². The number of halogens is 3. The molecule has 1 saturated heterocycles. The van der Waals surface area contributed by atoms with Gasteiger partial charge in [-0.15, -0.1) is 0 Å². The van der Waals surface area contributed by atoms with Crippen LogP contribution in [0.5, 0.6) is 0 Å². The van der Waals surface area contributed by atoms with Gasteiger partial charge in [0.1, 0.15) is 5.82 Å². The number of hydrogen-bond acceptors (Lipinski definition) is 2. The van der Waals surface area contributed by atoms with E-state index in [-0.39, 0.29) is 18.9 Å². The Labute approximate surface area is 91.7 Å². The molecule has 1 aromatic rings. The predicted molar refractivity (Wildman–Crippen MR) is 52.7 cm³/mol. The van der Waals surface area contributed by atoms with Crippen LogP contribution in [0.1, 0.15) is 24.7 Å². The summed E-state index contributed by atoms with van der Waals surface area (Å²) >= 11 is 0. The van der Waals surface area contributed by atoms with E-state index in [9.17, 15) is 13.2 Å². The Morgan fingerprint density at radius 3 is 2.81 bits per heavy atom. The van der Waals surface area contributed by atoms with Crippen LogP contribution in [0.15, 0.2) is 12.4 Å². The Morgan fingerprint density at radius 1 is 1.50 bits per heavy atom. The van der Waals surface area contributed by atoms with Crippen molar-refractivity contribution in [2.24, 2.45) is 13.0 Å². The van der Waals surface area contributed by atoms with Crippen LogP contribution < -0.4 is 5.32 Å². The van der Waals surface area contributed by atoms with E-state index in [1.807, 2.05) is 0 Å². The highest BCUT2D eigenvalue weighted by Gasteiger charge is 2.42. The van der Waals surface area contributed by atoms with Crippen molar-refractivity contribution in [3.05, 3.63) is 18.2 Å². The summed E-state index contributed by atoms with van der Waals surface area (Å²) in [5.74, 6) is -0.538. The third-order valence-corrected chi connectivity index (χ3v) is 3.04. The average Bonchev–Trinajstić information content (AvgIpc) is 2.63. The number of nitrogens with zero attached hydrogens (tertiary/aromatic N) is 2. The molecule has 0 amide bonds. The minimum absolute atomic E-state index is 0.0777. The van der Waals surface area contributed by atoms with Crippen molar-refractivity contribution < 1.29 is 13.2 Å². The van der Waals surface area contributed by atoms with Crippen LogP contribution in [-0.2, 0) is 7.05 Å². The van der Waals surface area contributed by atoms with Crippen molar-refractivity contribution in [1.82, 2.24) is 14.9 Å². The summed E-state index contributed by atoms with van der Waals surface area (Å²) in [6.07, 6.45) is -0.507. The third kappa shape index (κ3) is 2.21. The van der Waals surface area contributed by atoms with E-state index in [0.29, 0.717) is 12.4 Å². The molecule has 1 aliphatic rings. The van der Waals surface area contributed by atoms with Crippen molar-refractivity contribution in [3.8, 4) is 0 Å². The zero-order valence-corrected chi connectivity index (χ0v) is 8.96. The van der Waals surface area contributed by atoms with Crippen LogP contribution in [0.4, 0.5) is 13.2 Å². The molecule has 2 rings (SSSR count). The van der Waals surface area contributed by atoms with Gasteiger partial charge >= 0.3 is 6.18 Å². The lowest BCUT2D eigenvalue weighted by Crippen LogP contribution is -2.38. The summed E-state index contributed by atoms with van der Waals surface area (Å²) < 4.78 is 39.6. The van der Waals surface area contributed by atoms with Crippen molar-refractivity contribution >= 4 is 0 Å². The maximum absolute atomic E-state index is 12.6. The summed E-state index contributed by atoms with van der Waals surface area (Å²) in [6.45, 7) is 0.391. The van der Waals surface area contributed by atoms with Crippen molar-refractivity contribution in [2.75, 3.05) is 6.54 Å². The molecule has 1 aliphatic heterocycles. The first-order valence-electron chi connectivity index (χ1n) is 5.26. The van der Waals surface area contributed by atoms with E-state index in [2.05, 4.69) is 10.3 Å². The number of imidazole rings is 1. The lowest BCUT2D eigenvalue weighted by molar-refractivity contribution is -0.183. The van der Waals surface area contributed by atoms with E-state index in [0.717, 1.165) is 0 Å². The number of hydrogen-bond donors (Lipinski definition) is 1. The normalized spacial score (nSPS) is 27.0. The zero-order chi connectivity index (χ0) is 11.8. The number of aryl methyl sites for hydroxylation is 1. The van der Waals surface area contributed by atoms with E-state index >= 15 is 0 Å². The van der Waals surface area contributed by atoms with Gasteiger partial charge in [0.05, 0.1) is 12.0 Å². The standard InChI is InChI=1S/C10H14F3N3/c1-16-5-4-15-9(16)8-6-7(2-3-14-8)10(11,12)13/h4-5,7-8,14H,2-3,6H2,1H3. The van der Waals surface area contributed by atoms with Crippen LogP contribution in [-0.4, -0.2) is 22.3 Å². The second kappa shape index (κ2) is 4.08. The maximum Gasteiger partial charge on any atom is 0.391 e. The molecule has 0 bridgehead atoms. The number of piperidine rings is 1. The van der Waals surface area contributed by atoms with Crippen LogP contribution in [0.25, 0.3) is 0 Å².